The van der Waals surface area contributed by atoms with Crippen LogP contribution in [0.2, 0.25) is 0 Å². The number of ether oxygens (including phenoxy) is 1. The molecule has 1 fully saturated rings. The Labute approximate surface area is 126 Å². The molecule has 0 bridgehead atoms. The highest BCUT2D eigenvalue weighted by Gasteiger charge is 2.37. The summed E-state index contributed by atoms with van der Waals surface area (Å²) in [6.45, 7) is 5.27. The van der Waals surface area contributed by atoms with Crippen molar-refractivity contribution in [1.82, 2.24) is 10.6 Å². The van der Waals surface area contributed by atoms with E-state index in [0.717, 1.165) is 38.5 Å². The molecule has 21 heavy (non-hydrogen) atoms. The van der Waals surface area contributed by atoms with Gasteiger partial charge in [0.15, 0.2) is 0 Å². The van der Waals surface area contributed by atoms with Crippen LogP contribution in [0.25, 0.3) is 0 Å². The Morgan fingerprint density at radius 1 is 1.24 bits per heavy atom. The van der Waals surface area contributed by atoms with Crippen molar-refractivity contribution in [2.45, 2.75) is 70.4 Å². The molecule has 2 amide bonds. The maximum atomic E-state index is 11.9. The van der Waals surface area contributed by atoms with Gasteiger partial charge in [-0.3, -0.25) is 4.79 Å². The zero-order valence-corrected chi connectivity index (χ0v) is 13.1. The molecule has 0 radical (unpaired) electrons. The number of hydrogen-bond acceptors (Lipinski definition) is 3. The predicted molar refractivity (Wildman–Crippen MR) is 80.3 cm³/mol. The van der Waals surface area contributed by atoms with Crippen molar-refractivity contribution in [3.8, 4) is 0 Å². The number of rotatable bonds is 9. The van der Waals surface area contributed by atoms with Crippen LogP contribution in [0.15, 0.2) is 0 Å². The molecule has 0 heterocycles. The van der Waals surface area contributed by atoms with E-state index in [1.54, 1.807) is 0 Å². The Morgan fingerprint density at radius 3 is 2.48 bits per heavy atom. The van der Waals surface area contributed by atoms with E-state index >= 15 is 0 Å². The van der Waals surface area contributed by atoms with E-state index in [1.165, 1.54) is 0 Å². The monoisotopic (exact) mass is 300 g/mol. The first-order chi connectivity index (χ1) is 9.93. The van der Waals surface area contributed by atoms with Crippen molar-refractivity contribution in [1.29, 1.82) is 0 Å². The van der Waals surface area contributed by atoms with Crippen molar-refractivity contribution in [3.05, 3.63) is 0 Å². The summed E-state index contributed by atoms with van der Waals surface area (Å²) in [6, 6.07) is -0.261. The van der Waals surface area contributed by atoms with Crippen molar-refractivity contribution < 1.29 is 19.4 Å². The SMILES string of the molecule is CC(C)OCCCCNC(=O)NC1(CC(=O)O)CCCC1. The van der Waals surface area contributed by atoms with E-state index in [9.17, 15) is 9.59 Å². The quantitative estimate of drug-likeness (QED) is 0.570. The summed E-state index contributed by atoms with van der Waals surface area (Å²) >= 11 is 0. The summed E-state index contributed by atoms with van der Waals surface area (Å²) in [7, 11) is 0. The van der Waals surface area contributed by atoms with Crippen LogP contribution < -0.4 is 10.6 Å². The number of hydrogen-bond donors (Lipinski definition) is 3. The number of aliphatic carboxylic acids is 1. The van der Waals surface area contributed by atoms with Crippen LogP contribution in [-0.2, 0) is 9.53 Å². The highest BCUT2D eigenvalue weighted by Crippen LogP contribution is 2.32. The fourth-order valence-electron chi connectivity index (χ4n) is 2.72. The van der Waals surface area contributed by atoms with Gasteiger partial charge in [0.1, 0.15) is 0 Å². The minimum atomic E-state index is -0.858. The van der Waals surface area contributed by atoms with Crippen molar-refractivity contribution >= 4 is 12.0 Å². The topological polar surface area (TPSA) is 87.7 Å². The standard InChI is InChI=1S/C15H28N2O4/c1-12(2)21-10-6-5-9-16-14(20)17-15(11-13(18)19)7-3-4-8-15/h12H,3-11H2,1-2H3,(H,18,19)(H2,16,17,20). The summed E-state index contributed by atoms with van der Waals surface area (Å²) in [4.78, 5) is 22.8. The molecule has 1 rings (SSSR count). The molecule has 0 aromatic heterocycles. The van der Waals surface area contributed by atoms with E-state index < -0.39 is 11.5 Å². The van der Waals surface area contributed by atoms with Gasteiger partial charge < -0.3 is 20.5 Å². The number of carboxylic acids is 1. The van der Waals surface area contributed by atoms with Gasteiger partial charge in [0.25, 0.3) is 0 Å². The maximum absolute atomic E-state index is 11.9. The van der Waals surface area contributed by atoms with Gasteiger partial charge in [0, 0.05) is 13.2 Å². The highest BCUT2D eigenvalue weighted by atomic mass is 16.5. The fourth-order valence-corrected chi connectivity index (χ4v) is 2.72. The fraction of sp³-hybridized carbons (Fsp3) is 0.867. The van der Waals surface area contributed by atoms with Crippen LogP contribution in [0.3, 0.4) is 0 Å². The van der Waals surface area contributed by atoms with E-state index in [0.29, 0.717) is 13.2 Å². The van der Waals surface area contributed by atoms with Gasteiger partial charge in [-0.2, -0.15) is 0 Å². The molecule has 0 saturated heterocycles. The van der Waals surface area contributed by atoms with Crippen LogP contribution in [0.4, 0.5) is 4.79 Å². The number of urea groups is 1. The summed E-state index contributed by atoms with van der Waals surface area (Å²) < 4.78 is 5.42. The third kappa shape index (κ3) is 7.32. The van der Waals surface area contributed by atoms with Crippen molar-refractivity contribution in [3.63, 3.8) is 0 Å². The normalized spacial score (nSPS) is 16.9. The first kappa shape index (κ1) is 17.8. The zero-order valence-electron chi connectivity index (χ0n) is 13.1. The molecule has 0 aliphatic heterocycles. The third-order valence-electron chi connectivity index (χ3n) is 3.74. The molecule has 122 valence electrons. The van der Waals surface area contributed by atoms with Crippen LogP contribution in [0, 0.1) is 0 Å². The molecule has 0 unspecified atom stereocenters. The second-order valence-corrected chi connectivity index (χ2v) is 6.07. The average Bonchev–Trinajstić information content (AvgIpc) is 2.80. The predicted octanol–water partition coefficient (Wildman–Crippen LogP) is 2.28. The molecule has 6 heteroatoms. The molecule has 0 aromatic carbocycles. The summed E-state index contributed by atoms with van der Waals surface area (Å²) in [5.74, 6) is -0.858. The summed E-state index contributed by atoms with van der Waals surface area (Å²) in [6.07, 6.45) is 5.43. The lowest BCUT2D eigenvalue weighted by molar-refractivity contribution is -0.138. The van der Waals surface area contributed by atoms with Gasteiger partial charge in [-0.25, -0.2) is 4.79 Å². The molecule has 1 aliphatic rings. The van der Waals surface area contributed by atoms with Crippen LogP contribution >= 0.6 is 0 Å². The largest absolute Gasteiger partial charge is 0.481 e. The lowest BCUT2D eigenvalue weighted by atomic mass is 9.93. The van der Waals surface area contributed by atoms with Crippen LogP contribution in [0.5, 0.6) is 0 Å². The number of nitrogens with one attached hydrogen (secondary N) is 2. The van der Waals surface area contributed by atoms with Gasteiger partial charge in [-0.15, -0.1) is 0 Å². The number of carbonyl (C=O) groups excluding carboxylic acids is 1. The molecule has 1 saturated carbocycles. The average molecular weight is 300 g/mol. The van der Waals surface area contributed by atoms with Crippen molar-refractivity contribution in [2.75, 3.05) is 13.2 Å². The van der Waals surface area contributed by atoms with Crippen LogP contribution in [-0.4, -0.2) is 41.9 Å². The Balaban J connectivity index is 2.21. The van der Waals surface area contributed by atoms with Gasteiger partial charge in [-0.1, -0.05) is 12.8 Å². The molecule has 6 nitrogen and oxygen atoms in total. The maximum Gasteiger partial charge on any atom is 0.315 e. The van der Waals surface area contributed by atoms with E-state index in [4.69, 9.17) is 9.84 Å². The molecular weight excluding hydrogens is 272 g/mol. The molecule has 0 aromatic rings. The number of amides is 2. The molecular formula is C15H28N2O4. The third-order valence-corrected chi connectivity index (χ3v) is 3.74. The second-order valence-electron chi connectivity index (χ2n) is 6.07. The molecule has 0 atom stereocenters. The second kappa shape index (κ2) is 8.87. The number of carboxylic acid groups (broad SMARTS) is 1. The van der Waals surface area contributed by atoms with E-state index in [1.807, 2.05) is 13.8 Å². The van der Waals surface area contributed by atoms with Crippen LogP contribution in [0.1, 0.15) is 58.8 Å². The van der Waals surface area contributed by atoms with Gasteiger partial charge in [0.2, 0.25) is 0 Å². The Bertz CT molecular complexity index is 339. The highest BCUT2D eigenvalue weighted by molar-refractivity contribution is 5.76. The van der Waals surface area contributed by atoms with E-state index in [2.05, 4.69) is 10.6 Å². The van der Waals surface area contributed by atoms with Crippen molar-refractivity contribution in [2.24, 2.45) is 0 Å². The Kier molecular flexibility index (Phi) is 7.50. The molecule has 3 N–H and O–H groups in total. The molecule has 0 spiro atoms. The lowest BCUT2D eigenvalue weighted by Gasteiger charge is -2.28. The Morgan fingerprint density at radius 2 is 1.90 bits per heavy atom. The smallest absolute Gasteiger partial charge is 0.315 e. The minimum absolute atomic E-state index is 0.00263. The Hall–Kier alpha value is -1.30. The van der Waals surface area contributed by atoms with Gasteiger partial charge in [-0.05, 0) is 39.5 Å². The van der Waals surface area contributed by atoms with E-state index in [-0.39, 0.29) is 18.6 Å². The first-order valence-electron chi connectivity index (χ1n) is 7.83. The summed E-state index contributed by atoms with van der Waals surface area (Å²) in [5, 5.41) is 14.7. The zero-order chi connectivity index (χ0) is 15.7. The minimum Gasteiger partial charge on any atom is -0.481 e. The summed E-state index contributed by atoms with van der Waals surface area (Å²) in [5.41, 5.74) is -0.559. The lowest BCUT2D eigenvalue weighted by Crippen LogP contribution is -2.51. The number of carbonyl (C=O) groups is 2. The molecule has 1 aliphatic carbocycles. The van der Waals surface area contributed by atoms with Gasteiger partial charge in [0.05, 0.1) is 18.1 Å². The van der Waals surface area contributed by atoms with Gasteiger partial charge >= 0.3 is 12.0 Å². The first-order valence-corrected chi connectivity index (χ1v) is 7.83. The number of unbranched alkanes of at least 4 members (excludes halogenated alkanes) is 1.